The van der Waals surface area contributed by atoms with Gasteiger partial charge in [0.05, 0.1) is 0 Å². The molecule has 1 aliphatic rings. The smallest absolute Gasteiger partial charge is 0.156 e. The number of methoxy groups -OCH3 is 1. The van der Waals surface area contributed by atoms with Crippen LogP contribution in [0.25, 0.3) is 0 Å². The van der Waals surface area contributed by atoms with Crippen LogP contribution in [0.1, 0.15) is 20.3 Å². The van der Waals surface area contributed by atoms with Crippen LogP contribution in [0.4, 0.5) is 0 Å². The molecule has 0 aromatic heterocycles. The minimum absolute atomic E-state index is 0.363. The quantitative estimate of drug-likeness (QED) is 0.727. The summed E-state index contributed by atoms with van der Waals surface area (Å²) >= 11 is 1.83. The van der Waals surface area contributed by atoms with Gasteiger partial charge in [-0.1, -0.05) is 25.6 Å². The molecule has 14 heavy (non-hydrogen) atoms. The highest BCUT2D eigenvalue weighted by Crippen LogP contribution is 2.26. The van der Waals surface area contributed by atoms with Crippen molar-refractivity contribution >= 4 is 16.9 Å². The van der Waals surface area contributed by atoms with Crippen molar-refractivity contribution < 1.29 is 4.74 Å². The van der Waals surface area contributed by atoms with E-state index in [2.05, 4.69) is 24.2 Å². The number of amidine groups is 1. The minimum Gasteiger partial charge on any atom is -0.385 e. The van der Waals surface area contributed by atoms with E-state index in [0.717, 1.165) is 37.0 Å². The Kier molecular flexibility index (Phi) is 4.75. The van der Waals surface area contributed by atoms with E-state index in [4.69, 9.17) is 4.74 Å². The molecule has 0 aromatic carbocycles. The second-order valence-corrected chi connectivity index (χ2v) is 5.31. The Morgan fingerprint density at radius 2 is 2.36 bits per heavy atom. The summed E-state index contributed by atoms with van der Waals surface area (Å²) in [4.78, 5) is 4.51. The van der Waals surface area contributed by atoms with E-state index in [9.17, 15) is 0 Å². The highest BCUT2D eigenvalue weighted by Gasteiger charge is 2.22. The summed E-state index contributed by atoms with van der Waals surface area (Å²) in [5.74, 6) is 1.16. The number of aliphatic imine (C=N–C) groups is 1. The van der Waals surface area contributed by atoms with E-state index < -0.39 is 0 Å². The van der Waals surface area contributed by atoms with Gasteiger partial charge in [-0.2, -0.15) is 0 Å². The lowest BCUT2D eigenvalue weighted by Crippen LogP contribution is -2.31. The van der Waals surface area contributed by atoms with Crippen molar-refractivity contribution in [2.45, 2.75) is 20.3 Å². The number of ether oxygens (including phenoxy) is 1. The zero-order valence-corrected chi connectivity index (χ0v) is 10.1. The van der Waals surface area contributed by atoms with Crippen LogP contribution in [0.5, 0.6) is 0 Å². The maximum Gasteiger partial charge on any atom is 0.156 e. The Bertz CT molecular complexity index is 204. The fourth-order valence-corrected chi connectivity index (χ4v) is 2.14. The second-order valence-electron chi connectivity index (χ2n) is 4.35. The molecule has 82 valence electrons. The molecule has 1 heterocycles. The lowest BCUT2D eigenvalue weighted by molar-refractivity contribution is 0.196. The number of thioether (sulfide) groups is 1. The Balaban J connectivity index is 2.17. The van der Waals surface area contributed by atoms with Crippen molar-refractivity contribution in [2.75, 3.05) is 32.6 Å². The summed E-state index contributed by atoms with van der Waals surface area (Å²) < 4.78 is 4.98. The standard InChI is InChI=1S/C10H20N2OS/c1-10(2)7-12-9(14-8-10)11-5-4-6-13-3/h4-8H2,1-3H3,(H,11,12). The molecule has 0 bridgehead atoms. The number of rotatable bonds is 4. The molecule has 0 saturated heterocycles. The Morgan fingerprint density at radius 3 is 2.93 bits per heavy atom. The van der Waals surface area contributed by atoms with Crippen molar-refractivity contribution in [3.63, 3.8) is 0 Å². The maximum absolute atomic E-state index is 4.98. The fourth-order valence-electron chi connectivity index (χ4n) is 1.16. The SMILES string of the molecule is COCCCNC1=NCC(C)(C)CS1. The van der Waals surface area contributed by atoms with Gasteiger partial charge in [0.25, 0.3) is 0 Å². The molecule has 0 aromatic rings. The topological polar surface area (TPSA) is 33.6 Å². The summed E-state index contributed by atoms with van der Waals surface area (Å²) in [6, 6.07) is 0. The average molecular weight is 216 g/mol. The molecule has 0 unspecified atom stereocenters. The van der Waals surface area contributed by atoms with Gasteiger partial charge in [-0.15, -0.1) is 0 Å². The van der Waals surface area contributed by atoms with Gasteiger partial charge in [0, 0.05) is 32.6 Å². The highest BCUT2D eigenvalue weighted by molar-refractivity contribution is 8.13. The molecule has 1 N–H and O–H groups in total. The minimum atomic E-state index is 0.363. The molecule has 1 rings (SSSR count). The molecular weight excluding hydrogens is 196 g/mol. The van der Waals surface area contributed by atoms with E-state index >= 15 is 0 Å². The van der Waals surface area contributed by atoms with Gasteiger partial charge in [-0.05, 0) is 11.8 Å². The predicted molar refractivity (Wildman–Crippen MR) is 63.0 cm³/mol. The number of hydrogen-bond donors (Lipinski definition) is 1. The van der Waals surface area contributed by atoms with Gasteiger partial charge < -0.3 is 10.1 Å². The third kappa shape index (κ3) is 4.33. The maximum atomic E-state index is 4.98. The third-order valence-corrected chi connectivity index (χ3v) is 3.52. The molecule has 0 saturated carbocycles. The van der Waals surface area contributed by atoms with Crippen LogP contribution in [0.2, 0.25) is 0 Å². The monoisotopic (exact) mass is 216 g/mol. The zero-order chi connectivity index (χ0) is 10.4. The summed E-state index contributed by atoms with van der Waals surface area (Å²) in [6.07, 6.45) is 1.04. The van der Waals surface area contributed by atoms with Crippen molar-refractivity contribution in [3.8, 4) is 0 Å². The van der Waals surface area contributed by atoms with Gasteiger partial charge in [-0.3, -0.25) is 4.99 Å². The Hall–Kier alpha value is -0.220. The van der Waals surface area contributed by atoms with Crippen LogP contribution in [0.3, 0.4) is 0 Å². The van der Waals surface area contributed by atoms with E-state index in [-0.39, 0.29) is 0 Å². The van der Waals surface area contributed by atoms with Crippen LogP contribution >= 0.6 is 11.8 Å². The lowest BCUT2D eigenvalue weighted by atomic mass is 9.97. The van der Waals surface area contributed by atoms with Crippen LogP contribution in [-0.2, 0) is 4.74 Å². The molecule has 0 fully saturated rings. The molecule has 3 nitrogen and oxygen atoms in total. The molecule has 4 heteroatoms. The molecular formula is C10H20N2OS. The summed E-state index contributed by atoms with van der Waals surface area (Å²) in [5, 5.41) is 4.42. The molecule has 0 atom stereocenters. The van der Waals surface area contributed by atoms with Gasteiger partial charge in [0.1, 0.15) is 0 Å². The average Bonchev–Trinajstić information content (AvgIpc) is 2.15. The lowest BCUT2D eigenvalue weighted by Gasteiger charge is -2.27. The first-order chi connectivity index (χ1) is 6.64. The molecule has 0 spiro atoms. The van der Waals surface area contributed by atoms with Gasteiger partial charge >= 0.3 is 0 Å². The van der Waals surface area contributed by atoms with Crippen molar-refractivity contribution in [2.24, 2.45) is 10.4 Å². The number of nitrogens with zero attached hydrogens (tertiary/aromatic N) is 1. The summed E-state index contributed by atoms with van der Waals surface area (Å²) in [5.41, 5.74) is 0.363. The van der Waals surface area contributed by atoms with Crippen molar-refractivity contribution in [3.05, 3.63) is 0 Å². The fraction of sp³-hybridized carbons (Fsp3) is 0.900. The zero-order valence-electron chi connectivity index (χ0n) is 9.30. The third-order valence-electron chi connectivity index (χ3n) is 2.05. The second kappa shape index (κ2) is 5.61. The first-order valence-electron chi connectivity index (χ1n) is 5.04. The highest BCUT2D eigenvalue weighted by atomic mass is 32.2. The van der Waals surface area contributed by atoms with Crippen LogP contribution < -0.4 is 5.32 Å². The summed E-state index contributed by atoms with van der Waals surface area (Å²) in [6.45, 7) is 7.22. The van der Waals surface area contributed by atoms with Crippen molar-refractivity contribution in [1.82, 2.24) is 5.32 Å². The van der Waals surface area contributed by atoms with E-state index in [1.54, 1.807) is 7.11 Å². The molecule has 1 aliphatic heterocycles. The molecule has 0 radical (unpaired) electrons. The molecule has 0 amide bonds. The Labute approximate surface area is 90.7 Å². The number of hydrogen-bond acceptors (Lipinski definition) is 4. The Morgan fingerprint density at radius 1 is 1.57 bits per heavy atom. The molecule has 0 aliphatic carbocycles. The number of nitrogens with one attached hydrogen (secondary N) is 1. The first kappa shape index (κ1) is 11.9. The van der Waals surface area contributed by atoms with Crippen LogP contribution in [0.15, 0.2) is 4.99 Å². The first-order valence-corrected chi connectivity index (χ1v) is 6.03. The van der Waals surface area contributed by atoms with Gasteiger partial charge in [-0.25, -0.2) is 0 Å². The van der Waals surface area contributed by atoms with E-state index in [1.165, 1.54) is 0 Å². The summed E-state index contributed by atoms with van der Waals surface area (Å²) in [7, 11) is 1.73. The van der Waals surface area contributed by atoms with E-state index in [0.29, 0.717) is 5.41 Å². The van der Waals surface area contributed by atoms with Crippen molar-refractivity contribution in [1.29, 1.82) is 0 Å². The van der Waals surface area contributed by atoms with E-state index in [1.807, 2.05) is 11.8 Å². The largest absolute Gasteiger partial charge is 0.385 e. The normalized spacial score (nSPS) is 20.4. The van der Waals surface area contributed by atoms with Gasteiger partial charge in [0.15, 0.2) is 5.17 Å². The van der Waals surface area contributed by atoms with Gasteiger partial charge in [0.2, 0.25) is 0 Å². The predicted octanol–water partition coefficient (Wildman–Crippen LogP) is 1.74. The van der Waals surface area contributed by atoms with Crippen LogP contribution in [0, 0.1) is 5.41 Å². The van der Waals surface area contributed by atoms with Crippen LogP contribution in [-0.4, -0.2) is 37.7 Å².